The maximum atomic E-state index is 11.8. The summed E-state index contributed by atoms with van der Waals surface area (Å²) in [5, 5.41) is 2.60. The largest absolute Gasteiger partial charge is 0.493 e. The highest BCUT2D eigenvalue weighted by molar-refractivity contribution is 6.00. The van der Waals surface area contributed by atoms with Crippen molar-refractivity contribution in [1.29, 1.82) is 0 Å². The molecule has 1 N–H and O–H groups in total. The monoisotopic (exact) mass is 299 g/mol. The molecule has 0 aliphatic heterocycles. The lowest BCUT2D eigenvalue weighted by atomic mass is 10.2. The third-order valence-corrected chi connectivity index (χ3v) is 2.86. The molecule has 114 valence electrons. The van der Waals surface area contributed by atoms with Crippen molar-refractivity contribution in [2.24, 2.45) is 0 Å². The predicted molar refractivity (Wildman–Crippen MR) is 84.0 cm³/mol. The van der Waals surface area contributed by atoms with E-state index in [2.05, 4.69) is 15.3 Å². The lowest BCUT2D eigenvalue weighted by molar-refractivity contribution is -0.111. The van der Waals surface area contributed by atoms with Crippen LogP contribution >= 0.6 is 0 Å². The quantitative estimate of drug-likeness (QED) is 0.858. The standard InChI is InChI=1S/C16H17N3O3/c1-11-8-9-17-16(18-11)19-15(20)7-5-12-4-6-13(21-2)14(10-12)22-3/h4-10H,1-3H3,(H,17,18,19,20)/b7-5+. The van der Waals surface area contributed by atoms with Crippen molar-refractivity contribution in [3.8, 4) is 11.5 Å². The molecular formula is C16H17N3O3. The molecule has 6 heteroatoms. The van der Waals surface area contributed by atoms with Crippen molar-refractivity contribution in [1.82, 2.24) is 9.97 Å². The smallest absolute Gasteiger partial charge is 0.250 e. The summed E-state index contributed by atoms with van der Waals surface area (Å²) in [5.41, 5.74) is 1.60. The summed E-state index contributed by atoms with van der Waals surface area (Å²) in [6, 6.07) is 7.15. The van der Waals surface area contributed by atoms with Gasteiger partial charge < -0.3 is 9.47 Å². The molecule has 6 nitrogen and oxygen atoms in total. The maximum absolute atomic E-state index is 11.8. The Morgan fingerprint density at radius 1 is 1.18 bits per heavy atom. The van der Waals surface area contributed by atoms with Gasteiger partial charge in [-0.3, -0.25) is 10.1 Å². The third kappa shape index (κ3) is 4.05. The first-order chi connectivity index (χ1) is 10.6. The lowest BCUT2D eigenvalue weighted by Gasteiger charge is -2.07. The molecule has 0 radical (unpaired) electrons. The predicted octanol–water partition coefficient (Wildman–Crippen LogP) is 2.45. The molecular weight excluding hydrogens is 282 g/mol. The summed E-state index contributed by atoms with van der Waals surface area (Å²) in [5.74, 6) is 1.21. The Bertz CT molecular complexity index is 699. The van der Waals surface area contributed by atoms with Gasteiger partial charge in [0.2, 0.25) is 5.95 Å². The molecule has 0 unspecified atom stereocenters. The van der Waals surface area contributed by atoms with Crippen molar-refractivity contribution in [2.75, 3.05) is 19.5 Å². The van der Waals surface area contributed by atoms with Gasteiger partial charge in [0.25, 0.3) is 5.91 Å². The summed E-state index contributed by atoms with van der Waals surface area (Å²) in [6.45, 7) is 1.83. The molecule has 0 spiro atoms. The SMILES string of the molecule is COc1ccc(/C=C/C(=O)Nc2nccc(C)n2)cc1OC. The van der Waals surface area contributed by atoms with Crippen LogP contribution in [0.5, 0.6) is 11.5 Å². The zero-order valence-electron chi connectivity index (χ0n) is 12.7. The van der Waals surface area contributed by atoms with Gasteiger partial charge in [0.05, 0.1) is 14.2 Å². The van der Waals surface area contributed by atoms with E-state index in [4.69, 9.17) is 9.47 Å². The number of nitrogens with zero attached hydrogens (tertiary/aromatic N) is 2. The molecule has 1 amide bonds. The average Bonchev–Trinajstić information content (AvgIpc) is 2.52. The number of carbonyl (C=O) groups is 1. The number of nitrogens with one attached hydrogen (secondary N) is 1. The number of hydrogen-bond acceptors (Lipinski definition) is 5. The molecule has 1 aromatic carbocycles. The topological polar surface area (TPSA) is 73.3 Å². The lowest BCUT2D eigenvalue weighted by Crippen LogP contribution is -2.10. The highest BCUT2D eigenvalue weighted by Gasteiger charge is 2.04. The second-order valence-corrected chi connectivity index (χ2v) is 4.46. The molecule has 0 bridgehead atoms. The summed E-state index contributed by atoms with van der Waals surface area (Å²) in [7, 11) is 3.13. The molecule has 2 rings (SSSR count). The molecule has 0 fully saturated rings. The number of ether oxygens (including phenoxy) is 2. The second kappa shape index (κ2) is 7.21. The van der Waals surface area contributed by atoms with E-state index in [1.807, 2.05) is 13.0 Å². The molecule has 0 aliphatic rings. The van der Waals surface area contributed by atoms with Crippen LogP contribution in [0.2, 0.25) is 0 Å². The number of hydrogen-bond donors (Lipinski definition) is 1. The summed E-state index contributed by atoms with van der Waals surface area (Å²) in [4.78, 5) is 19.9. The first kappa shape index (κ1) is 15.5. The molecule has 2 aromatic rings. The summed E-state index contributed by atoms with van der Waals surface area (Å²) >= 11 is 0. The molecule has 1 heterocycles. The van der Waals surface area contributed by atoms with Gasteiger partial charge in [-0.2, -0.15) is 0 Å². The van der Waals surface area contributed by atoms with E-state index in [0.717, 1.165) is 11.3 Å². The molecule has 0 saturated carbocycles. The molecule has 0 aliphatic carbocycles. The number of aryl methyl sites for hydroxylation is 1. The van der Waals surface area contributed by atoms with Gasteiger partial charge in [-0.25, -0.2) is 9.97 Å². The Morgan fingerprint density at radius 2 is 1.95 bits per heavy atom. The van der Waals surface area contributed by atoms with Crippen molar-refractivity contribution in [3.05, 3.63) is 47.8 Å². The minimum atomic E-state index is -0.305. The van der Waals surface area contributed by atoms with Gasteiger partial charge in [0.1, 0.15) is 0 Å². The van der Waals surface area contributed by atoms with Crippen LogP contribution in [0.25, 0.3) is 6.08 Å². The number of amides is 1. The first-order valence-electron chi connectivity index (χ1n) is 6.63. The Kier molecular flexibility index (Phi) is 5.08. The molecule has 22 heavy (non-hydrogen) atoms. The number of carbonyl (C=O) groups excluding carboxylic acids is 1. The Morgan fingerprint density at radius 3 is 2.64 bits per heavy atom. The van der Waals surface area contributed by atoms with Crippen LogP contribution in [0, 0.1) is 6.92 Å². The van der Waals surface area contributed by atoms with E-state index >= 15 is 0 Å². The van der Waals surface area contributed by atoms with Crippen LogP contribution < -0.4 is 14.8 Å². The van der Waals surface area contributed by atoms with Crippen molar-refractivity contribution in [2.45, 2.75) is 6.92 Å². The van der Waals surface area contributed by atoms with E-state index in [-0.39, 0.29) is 11.9 Å². The Hall–Kier alpha value is -2.89. The molecule has 0 atom stereocenters. The Balaban J connectivity index is 2.06. The van der Waals surface area contributed by atoms with Gasteiger partial charge in [-0.05, 0) is 36.8 Å². The van der Waals surface area contributed by atoms with Gasteiger partial charge in [0.15, 0.2) is 11.5 Å². The molecule has 1 aromatic heterocycles. The van der Waals surface area contributed by atoms with Crippen molar-refractivity contribution < 1.29 is 14.3 Å². The van der Waals surface area contributed by atoms with Crippen LogP contribution in [0.3, 0.4) is 0 Å². The van der Waals surface area contributed by atoms with Gasteiger partial charge in [-0.15, -0.1) is 0 Å². The van der Waals surface area contributed by atoms with Crippen LogP contribution in [0.4, 0.5) is 5.95 Å². The Labute approximate surface area is 128 Å². The fourth-order valence-corrected chi connectivity index (χ4v) is 1.79. The highest BCUT2D eigenvalue weighted by atomic mass is 16.5. The van der Waals surface area contributed by atoms with Crippen LogP contribution in [0.1, 0.15) is 11.3 Å². The zero-order chi connectivity index (χ0) is 15.9. The fourth-order valence-electron chi connectivity index (χ4n) is 1.79. The number of rotatable bonds is 5. The van der Waals surface area contributed by atoms with E-state index in [9.17, 15) is 4.79 Å². The van der Waals surface area contributed by atoms with Crippen molar-refractivity contribution in [3.63, 3.8) is 0 Å². The van der Waals surface area contributed by atoms with Crippen molar-refractivity contribution >= 4 is 17.9 Å². The van der Waals surface area contributed by atoms with Gasteiger partial charge >= 0.3 is 0 Å². The number of aromatic nitrogens is 2. The van der Waals surface area contributed by atoms with Crippen LogP contribution in [-0.2, 0) is 4.79 Å². The fraction of sp³-hybridized carbons (Fsp3) is 0.188. The van der Waals surface area contributed by atoms with Crippen LogP contribution in [-0.4, -0.2) is 30.1 Å². The second-order valence-electron chi connectivity index (χ2n) is 4.46. The minimum Gasteiger partial charge on any atom is -0.493 e. The first-order valence-corrected chi connectivity index (χ1v) is 6.63. The van der Waals surface area contributed by atoms with Gasteiger partial charge in [0, 0.05) is 18.0 Å². The normalized spacial score (nSPS) is 10.5. The van der Waals surface area contributed by atoms with Crippen LogP contribution in [0.15, 0.2) is 36.5 Å². The molecule has 0 saturated heterocycles. The number of anilines is 1. The number of methoxy groups -OCH3 is 2. The number of benzene rings is 1. The zero-order valence-corrected chi connectivity index (χ0v) is 12.7. The maximum Gasteiger partial charge on any atom is 0.250 e. The minimum absolute atomic E-state index is 0.280. The van der Waals surface area contributed by atoms with E-state index in [1.165, 1.54) is 6.08 Å². The highest BCUT2D eigenvalue weighted by Crippen LogP contribution is 2.27. The van der Waals surface area contributed by atoms with E-state index in [0.29, 0.717) is 11.5 Å². The summed E-state index contributed by atoms with van der Waals surface area (Å²) < 4.78 is 10.4. The average molecular weight is 299 g/mol. The van der Waals surface area contributed by atoms with E-state index < -0.39 is 0 Å². The third-order valence-electron chi connectivity index (χ3n) is 2.86. The van der Waals surface area contributed by atoms with E-state index in [1.54, 1.807) is 44.7 Å². The van der Waals surface area contributed by atoms with Gasteiger partial charge in [-0.1, -0.05) is 6.07 Å². The summed E-state index contributed by atoms with van der Waals surface area (Å²) in [6.07, 6.45) is 4.68.